The van der Waals surface area contributed by atoms with Crippen molar-refractivity contribution in [3.05, 3.63) is 23.8 Å². The fraction of sp³-hybridized carbons (Fsp3) is 0.538. The van der Waals surface area contributed by atoms with Gasteiger partial charge in [0.15, 0.2) is 0 Å². The summed E-state index contributed by atoms with van der Waals surface area (Å²) in [4.78, 5) is 1.34. The summed E-state index contributed by atoms with van der Waals surface area (Å²) in [5.41, 5.74) is 6.91. The standard InChI is InChI=1S/C13H19F3N2O/c1-3-6-18(9-13(14,15)16)8-10-7-11(19-2)4-5-12(10)17/h4-5,7H,3,6,8-9,17H2,1-2H3. The predicted octanol–water partition coefficient (Wildman–Crippen LogP) is 3.05. The van der Waals surface area contributed by atoms with Crippen LogP contribution in [0.2, 0.25) is 0 Å². The van der Waals surface area contributed by atoms with E-state index in [0.29, 0.717) is 30.0 Å². The first kappa shape index (κ1) is 15.6. The van der Waals surface area contributed by atoms with E-state index in [2.05, 4.69) is 0 Å². The number of nitrogens with two attached hydrogens (primary N) is 1. The van der Waals surface area contributed by atoms with Gasteiger partial charge in [0, 0.05) is 12.2 Å². The van der Waals surface area contributed by atoms with Crippen molar-refractivity contribution in [1.82, 2.24) is 4.90 Å². The number of rotatable bonds is 6. The maximum Gasteiger partial charge on any atom is 0.401 e. The van der Waals surface area contributed by atoms with Crippen LogP contribution < -0.4 is 10.5 Å². The molecule has 0 spiro atoms. The largest absolute Gasteiger partial charge is 0.497 e. The van der Waals surface area contributed by atoms with E-state index >= 15 is 0 Å². The van der Waals surface area contributed by atoms with E-state index in [1.54, 1.807) is 18.2 Å². The van der Waals surface area contributed by atoms with E-state index in [0.717, 1.165) is 0 Å². The van der Waals surface area contributed by atoms with Crippen molar-refractivity contribution in [2.24, 2.45) is 0 Å². The van der Waals surface area contributed by atoms with Crippen LogP contribution in [0.5, 0.6) is 5.75 Å². The molecule has 3 nitrogen and oxygen atoms in total. The van der Waals surface area contributed by atoms with Gasteiger partial charge in [-0.3, -0.25) is 4.90 Å². The van der Waals surface area contributed by atoms with Gasteiger partial charge in [-0.05, 0) is 36.7 Å². The maximum absolute atomic E-state index is 12.5. The molecule has 2 N–H and O–H groups in total. The first-order chi connectivity index (χ1) is 8.85. The summed E-state index contributed by atoms with van der Waals surface area (Å²) >= 11 is 0. The van der Waals surface area contributed by atoms with Crippen molar-refractivity contribution in [1.29, 1.82) is 0 Å². The Kier molecular flexibility index (Phi) is 5.47. The molecule has 0 aliphatic rings. The lowest BCUT2D eigenvalue weighted by Crippen LogP contribution is -2.34. The van der Waals surface area contributed by atoms with Crippen LogP contribution in [-0.2, 0) is 6.54 Å². The van der Waals surface area contributed by atoms with Crippen LogP contribution in [0.3, 0.4) is 0 Å². The molecule has 0 bridgehead atoms. The Bertz CT molecular complexity index is 407. The van der Waals surface area contributed by atoms with E-state index in [1.165, 1.54) is 12.0 Å². The van der Waals surface area contributed by atoms with Crippen molar-refractivity contribution in [3.63, 3.8) is 0 Å². The molecule has 108 valence electrons. The van der Waals surface area contributed by atoms with E-state index in [-0.39, 0.29) is 6.54 Å². The lowest BCUT2D eigenvalue weighted by molar-refractivity contribution is -0.147. The second-order valence-electron chi connectivity index (χ2n) is 4.39. The Balaban J connectivity index is 2.83. The Hall–Kier alpha value is -1.43. The molecule has 0 aliphatic carbocycles. The number of anilines is 1. The van der Waals surface area contributed by atoms with Crippen LogP contribution in [0.15, 0.2) is 18.2 Å². The molecule has 0 saturated carbocycles. The first-order valence-electron chi connectivity index (χ1n) is 6.07. The highest BCUT2D eigenvalue weighted by molar-refractivity contribution is 5.50. The van der Waals surface area contributed by atoms with Gasteiger partial charge in [0.05, 0.1) is 13.7 Å². The second-order valence-corrected chi connectivity index (χ2v) is 4.39. The van der Waals surface area contributed by atoms with Crippen LogP contribution in [0.25, 0.3) is 0 Å². The zero-order chi connectivity index (χ0) is 14.5. The zero-order valence-electron chi connectivity index (χ0n) is 11.1. The summed E-state index contributed by atoms with van der Waals surface area (Å²) in [6.07, 6.45) is -3.55. The highest BCUT2D eigenvalue weighted by Gasteiger charge is 2.30. The quantitative estimate of drug-likeness (QED) is 0.812. The van der Waals surface area contributed by atoms with Crippen molar-refractivity contribution in [2.45, 2.75) is 26.1 Å². The molecule has 0 saturated heterocycles. The highest BCUT2D eigenvalue weighted by Crippen LogP contribution is 2.23. The smallest absolute Gasteiger partial charge is 0.401 e. The van der Waals surface area contributed by atoms with Gasteiger partial charge in [0.2, 0.25) is 0 Å². The van der Waals surface area contributed by atoms with Crippen LogP contribution in [0.4, 0.5) is 18.9 Å². The molecule has 0 unspecified atom stereocenters. The Morgan fingerprint density at radius 2 is 2.00 bits per heavy atom. The van der Waals surface area contributed by atoms with Crippen LogP contribution in [0.1, 0.15) is 18.9 Å². The van der Waals surface area contributed by atoms with Gasteiger partial charge in [0.25, 0.3) is 0 Å². The van der Waals surface area contributed by atoms with Crippen molar-refractivity contribution in [2.75, 3.05) is 25.9 Å². The molecule has 0 fully saturated rings. The SMILES string of the molecule is CCCN(Cc1cc(OC)ccc1N)CC(F)(F)F. The average molecular weight is 276 g/mol. The molecule has 0 radical (unpaired) electrons. The Labute approximate surface area is 111 Å². The molecule has 1 aromatic rings. The topological polar surface area (TPSA) is 38.5 Å². The highest BCUT2D eigenvalue weighted by atomic mass is 19.4. The molecular weight excluding hydrogens is 257 g/mol. The normalized spacial score (nSPS) is 11.9. The summed E-state index contributed by atoms with van der Waals surface area (Å²) in [6, 6.07) is 5.01. The van der Waals surface area contributed by atoms with Crippen molar-refractivity contribution < 1.29 is 17.9 Å². The van der Waals surface area contributed by atoms with Gasteiger partial charge in [-0.15, -0.1) is 0 Å². The van der Waals surface area contributed by atoms with Gasteiger partial charge in [0.1, 0.15) is 5.75 Å². The van der Waals surface area contributed by atoms with Gasteiger partial charge in [-0.25, -0.2) is 0 Å². The predicted molar refractivity (Wildman–Crippen MR) is 69.0 cm³/mol. The van der Waals surface area contributed by atoms with E-state index < -0.39 is 12.7 Å². The van der Waals surface area contributed by atoms with Gasteiger partial charge in [-0.1, -0.05) is 6.92 Å². The Morgan fingerprint density at radius 3 is 2.53 bits per heavy atom. The Morgan fingerprint density at radius 1 is 1.32 bits per heavy atom. The van der Waals surface area contributed by atoms with E-state index in [9.17, 15) is 13.2 Å². The minimum atomic E-state index is -4.21. The summed E-state index contributed by atoms with van der Waals surface area (Å²) in [5.74, 6) is 0.590. The zero-order valence-corrected chi connectivity index (χ0v) is 11.1. The monoisotopic (exact) mass is 276 g/mol. The number of nitrogen functional groups attached to an aromatic ring is 1. The number of methoxy groups -OCH3 is 1. The van der Waals surface area contributed by atoms with Crippen LogP contribution >= 0.6 is 0 Å². The van der Waals surface area contributed by atoms with E-state index in [4.69, 9.17) is 10.5 Å². The second kappa shape index (κ2) is 6.65. The summed E-state index contributed by atoms with van der Waals surface area (Å²) in [6.45, 7) is 1.45. The fourth-order valence-corrected chi connectivity index (χ4v) is 1.87. The molecule has 0 heterocycles. The number of nitrogens with zero attached hydrogens (tertiary/aromatic N) is 1. The van der Waals surface area contributed by atoms with Crippen LogP contribution in [0, 0.1) is 0 Å². The number of benzene rings is 1. The van der Waals surface area contributed by atoms with Crippen molar-refractivity contribution in [3.8, 4) is 5.75 Å². The third-order valence-electron chi connectivity index (χ3n) is 2.69. The third-order valence-corrected chi connectivity index (χ3v) is 2.69. The molecule has 19 heavy (non-hydrogen) atoms. The number of alkyl halides is 3. The molecular formula is C13H19F3N2O. The molecule has 6 heteroatoms. The van der Waals surface area contributed by atoms with Gasteiger partial charge < -0.3 is 10.5 Å². The maximum atomic E-state index is 12.5. The minimum Gasteiger partial charge on any atom is -0.497 e. The van der Waals surface area contributed by atoms with E-state index in [1.807, 2.05) is 6.92 Å². The molecule has 0 aliphatic heterocycles. The molecule has 1 aromatic carbocycles. The fourth-order valence-electron chi connectivity index (χ4n) is 1.87. The number of halogens is 3. The summed E-state index contributed by atoms with van der Waals surface area (Å²) < 4.78 is 42.5. The lowest BCUT2D eigenvalue weighted by atomic mass is 10.1. The van der Waals surface area contributed by atoms with Crippen LogP contribution in [-0.4, -0.2) is 31.3 Å². The first-order valence-corrected chi connectivity index (χ1v) is 6.07. The number of hydrogen-bond acceptors (Lipinski definition) is 3. The van der Waals surface area contributed by atoms with Gasteiger partial charge >= 0.3 is 6.18 Å². The third kappa shape index (κ3) is 5.38. The molecule has 0 aromatic heterocycles. The number of hydrogen-bond donors (Lipinski definition) is 1. The summed E-state index contributed by atoms with van der Waals surface area (Å²) in [5, 5.41) is 0. The average Bonchev–Trinajstić information content (AvgIpc) is 2.30. The molecule has 0 amide bonds. The molecule has 0 atom stereocenters. The lowest BCUT2D eigenvalue weighted by Gasteiger charge is -2.24. The van der Waals surface area contributed by atoms with Crippen molar-refractivity contribution >= 4 is 5.69 Å². The molecule has 1 rings (SSSR count). The summed E-state index contributed by atoms with van der Waals surface area (Å²) in [7, 11) is 1.51. The van der Waals surface area contributed by atoms with Gasteiger partial charge in [-0.2, -0.15) is 13.2 Å². The minimum absolute atomic E-state index is 0.163. The number of ether oxygens (including phenoxy) is 1.